The molecule has 8 rings (SSSR count). The highest BCUT2D eigenvalue weighted by Gasteiger charge is 2.51. The molecule has 5 saturated carbocycles. The van der Waals surface area contributed by atoms with Crippen LogP contribution < -0.4 is 4.74 Å². The lowest BCUT2D eigenvalue weighted by Crippen LogP contribution is -2.52. The molecule has 202 valence electrons. The third-order valence-corrected chi connectivity index (χ3v) is 12.2. The van der Waals surface area contributed by atoms with E-state index in [0.29, 0.717) is 38.7 Å². The second kappa shape index (κ2) is 8.75. The number of hydrogen-bond acceptors (Lipinski definition) is 5. The van der Waals surface area contributed by atoms with Crippen molar-refractivity contribution >= 4 is 15.8 Å². The molecule has 0 radical (unpaired) electrons. The van der Waals surface area contributed by atoms with Crippen molar-refractivity contribution in [1.82, 2.24) is 4.31 Å². The van der Waals surface area contributed by atoms with Gasteiger partial charge >= 0.3 is 0 Å². The van der Waals surface area contributed by atoms with Crippen LogP contribution in [-0.2, 0) is 14.8 Å². The standard InChI is InChI=1S/C29H38FNO5S/c30-25-11-27(36-18-29-12-19-7-20(13-29)9-21(8-19)14-29)23(22-1-2-22)10-24(25)26(32)15-37(33,34)31-5-3-28(4-6-31)16-35-17-28/h10-11,19-22H,1-9,12-18H2. The molecule has 2 heterocycles. The number of nitrogens with zero attached hydrogens (tertiary/aromatic N) is 1. The Kier molecular flexibility index (Phi) is 5.80. The van der Waals surface area contributed by atoms with Gasteiger partial charge in [-0.15, -0.1) is 0 Å². The maximum Gasteiger partial charge on any atom is 0.221 e. The van der Waals surface area contributed by atoms with Crippen molar-refractivity contribution in [3.05, 3.63) is 29.1 Å². The first-order valence-electron chi connectivity index (χ1n) is 14.3. The normalized spacial score (nSPS) is 34.5. The smallest absolute Gasteiger partial charge is 0.221 e. The summed E-state index contributed by atoms with van der Waals surface area (Å²) < 4.78 is 54.5. The zero-order valence-corrected chi connectivity index (χ0v) is 22.4. The SMILES string of the molecule is O=C(CS(=O)(=O)N1CCC2(CC1)COC2)c1cc(C2CC2)c(OCC23CC4CC(CC(C4)C2)C3)cc1F. The molecular weight excluding hydrogens is 493 g/mol. The van der Waals surface area contributed by atoms with Gasteiger partial charge in [0.2, 0.25) is 10.0 Å². The van der Waals surface area contributed by atoms with Gasteiger partial charge in [0.1, 0.15) is 17.3 Å². The lowest BCUT2D eigenvalue weighted by molar-refractivity contribution is -0.133. The third-order valence-electron chi connectivity index (χ3n) is 10.4. The summed E-state index contributed by atoms with van der Waals surface area (Å²) in [4.78, 5) is 13.1. The molecule has 1 spiro atoms. The summed E-state index contributed by atoms with van der Waals surface area (Å²) in [6.07, 6.45) is 11.2. The summed E-state index contributed by atoms with van der Waals surface area (Å²) in [5.74, 6) is 1.26. The highest BCUT2D eigenvalue weighted by atomic mass is 32.2. The van der Waals surface area contributed by atoms with Gasteiger partial charge < -0.3 is 9.47 Å². The maximum absolute atomic E-state index is 15.3. The van der Waals surface area contributed by atoms with Crippen LogP contribution in [0.1, 0.15) is 86.0 Å². The van der Waals surface area contributed by atoms with E-state index in [4.69, 9.17) is 9.47 Å². The molecule has 0 unspecified atom stereocenters. The zero-order valence-electron chi connectivity index (χ0n) is 21.6. The molecule has 2 saturated heterocycles. The number of Topliss-reactive ketones (excluding diaryl/α,β-unsaturated/α-hetero) is 1. The Morgan fingerprint density at radius 1 is 1.03 bits per heavy atom. The molecule has 0 amide bonds. The average Bonchev–Trinajstić information content (AvgIpc) is 3.66. The summed E-state index contributed by atoms with van der Waals surface area (Å²) in [7, 11) is -3.80. The first-order valence-corrected chi connectivity index (χ1v) is 15.9. The van der Waals surface area contributed by atoms with E-state index in [2.05, 4.69) is 0 Å². The van der Waals surface area contributed by atoms with E-state index in [9.17, 15) is 13.2 Å². The van der Waals surface area contributed by atoms with E-state index in [1.54, 1.807) is 6.07 Å². The minimum Gasteiger partial charge on any atom is -0.493 e. The summed E-state index contributed by atoms with van der Waals surface area (Å²) in [6.45, 7) is 2.79. The van der Waals surface area contributed by atoms with E-state index >= 15 is 4.39 Å². The Bertz CT molecular complexity index is 1160. The molecule has 7 fully saturated rings. The van der Waals surface area contributed by atoms with Crippen LogP contribution in [-0.4, -0.2) is 57.2 Å². The molecule has 1 aromatic carbocycles. The maximum atomic E-state index is 15.3. The fourth-order valence-corrected chi connectivity index (χ4v) is 9.98. The van der Waals surface area contributed by atoms with Crippen molar-refractivity contribution in [3.63, 3.8) is 0 Å². The fourth-order valence-electron chi connectivity index (χ4n) is 8.57. The second-order valence-electron chi connectivity index (χ2n) is 13.4. The molecule has 2 aliphatic heterocycles. The number of carbonyl (C=O) groups excluding carboxylic acids is 1. The predicted molar refractivity (Wildman–Crippen MR) is 137 cm³/mol. The lowest BCUT2D eigenvalue weighted by atomic mass is 9.50. The Morgan fingerprint density at radius 2 is 1.65 bits per heavy atom. The summed E-state index contributed by atoms with van der Waals surface area (Å²) in [5, 5.41) is 0. The van der Waals surface area contributed by atoms with Gasteiger partial charge in [-0.05, 0) is 99.5 Å². The Hall–Kier alpha value is -1.51. The van der Waals surface area contributed by atoms with E-state index in [1.165, 1.54) is 48.9 Å². The number of rotatable bonds is 8. The molecule has 0 N–H and O–H groups in total. The average molecular weight is 532 g/mol. The summed E-state index contributed by atoms with van der Waals surface area (Å²) in [6, 6.07) is 2.95. The lowest BCUT2D eigenvalue weighted by Gasteiger charge is -2.56. The van der Waals surface area contributed by atoms with E-state index in [1.807, 2.05) is 0 Å². The monoisotopic (exact) mass is 531 g/mol. The second-order valence-corrected chi connectivity index (χ2v) is 15.4. The third kappa shape index (κ3) is 4.55. The van der Waals surface area contributed by atoms with Gasteiger partial charge in [-0.1, -0.05) is 0 Å². The molecule has 37 heavy (non-hydrogen) atoms. The topological polar surface area (TPSA) is 72.9 Å². The molecule has 8 heteroatoms. The quantitative estimate of drug-likeness (QED) is 0.445. The fraction of sp³-hybridized carbons (Fsp3) is 0.759. The largest absolute Gasteiger partial charge is 0.493 e. The molecular formula is C29H38FNO5S. The van der Waals surface area contributed by atoms with Crippen LogP contribution in [0.4, 0.5) is 4.39 Å². The van der Waals surface area contributed by atoms with Crippen molar-refractivity contribution in [3.8, 4) is 5.75 Å². The van der Waals surface area contributed by atoms with Crippen molar-refractivity contribution in [1.29, 1.82) is 0 Å². The molecule has 4 bridgehead atoms. The highest BCUT2D eigenvalue weighted by Crippen LogP contribution is 2.60. The first-order chi connectivity index (χ1) is 17.7. The molecule has 5 aliphatic carbocycles. The summed E-state index contributed by atoms with van der Waals surface area (Å²) >= 11 is 0. The van der Waals surface area contributed by atoms with Gasteiger partial charge in [0, 0.05) is 30.0 Å². The molecule has 6 nitrogen and oxygen atoms in total. The van der Waals surface area contributed by atoms with Gasteiger partial charge in [0.15, 0.2) is 5.78 Å². The van der Waals surface area contributed by atoms with Crippen LogP contribution in [0.2, 0.25) is 0 Å². The van der Waals surface area contributed by atoms with Crippen LogP contribution >= 0.6 is 0 Å². The number of hydrogen-bond donors (Lipinski definition) is 0. The van der Waals surface area contributed by atoms with Gasteiger partial charge in [0.25, 0.3) is 0 Å². The molecule has 0 aromatic heterocycles. The Morgan fingerprint density at radius 3 is 2.19 bits per heavy atom. The minimum absolute atomic E-state index is 0.104. The van der Waals surface area contributed by atoms with Crippen molar-refractivity contribution in [2.75, 3.05) is 38.7 Å². The number of ether oxygens (including phenoxy) is 2. The number of piperidine rings is 1. The number of benzene rings is 1. The van der Waals surface area contributed by atoms with E-state index in [-0.39, 0.29) is 22.3 Å². The Balaban J connectivity index is 1.06. The van der Waals surface area contributed by atoms with Gasteiger partial charge in [-0.2, -0.15) is 0 Å². The van der Waals surface area contributed by atoms with E-state index < -0.39 is 27.4 Å². The first kappa shape index (κ1) is 24.5. The predicted octanol–water partition coefficient (Wildman–Crippen LogP) is 4.92. The minimum atomic E-state index is -3.80. The van der Waals surface area contributed by atoms with Gasteiger partial charge in [-0.25, -0.2) is 17.1 Å². The van der Waals surface area contributed by atoms with Crippen LogP contribution in [0.3, 0.4) is 0 Å². The van der Waals surface area contributed by atoms with Crippen LogP contribution in [0.25, 0.3) is 0 Å². The van der Waals surface area contributed by atoms with Crippen molar-refractivity contribution in [2.24, 2.45) is 28.6 Å². The number of halogens is 1. The van der Waals surface area contributed by atoms with Crippen LogP contribution in [0.5, 0.6) is 5.75 Å². The molecule has 1 aromatic rings. The Labute approximate surface area is 219 Å². The number of sulfonamides is 1. The van der Waals surface area contributed by atoms with Crippen LogP contribution in [0, 0.1) is 34.4 Å². The van der Waals surface area contributed by atoms with Crippen molar-refractivity contribution in [2.45, 2.75) is 70.1 Å². The molecule has 7 aliphatic rings. The molecule has 0 atom stereocenters. The van der Waals surface area contributed by atoms with Crippen molar-refractivity contribution < 1.29 is 27.1 Å². The number of ketones is 1. The zero-order chi connectivity index (χ0) is 25.4. The van der Waals surface area contributed by atoms with Gasteiger partial charge in [-0.3, -0.25) is 4.79 Å². The summed E-state index contributed by atoms with van der Waals surface area (Å²) in [5.41, 5.74) is 1.07. The number of carbonyl (C=O) groups is 1. The van der Waals surface area contributed by atoms with E-state index in [0.717, 1.165) is 49.0 Å². The van der Waals surface area contributed by atoms with Gasteiger partial charge in [0.05, 0.1) is 25.4 Å². The van der Waals surface area contributed by atoms with Crippen LogP contribution in [0.15, 0.2) is 12.1 Å². The highest BCUT2D eigenvalue weighted by molar-refractivity contribution is 7.89.